The largest absolute Gasteiger partial charge is 0.508 e. The minimum atomic E-state index is -2.36. The molecule has 1 N–H and O–H groups in total. The zero-order valence-electron chi connectivity index (χ0n) is 9.71. The van der Waals surface area contributed by atoms with E-state index in [-0.39, 0.29) is 5.75 Å². The monoisotopic (exact) mass is 246 g/mol. The van der Waals surface area contributed by atoms with Crippen LogP contribution >= 0.6 is 7.14 Å². The van der Waals surface area contributed by atoms with Crippen LogP contribution in [-0.4, -0.2) is 11.8 Å². The first kappa shape index (κ1) is 11.9. The lowest BCUT2D eigenvalue weighted by molar-refractivity contribution is 0.475. The van der Waals surface area contributed by atoms with Crippen LogP contribution in [0.15, 0.2) is 54.6 Å². The molecule has 17 heavy (non-hydrogen) atoms. The maximum absolute atomic E-state index is 12.6. The van der Waals surface area contributed by atoms with Crippen LogP contribution in [0.5, 0.6) is 5.75 Å². The van der Waals surface area contributed by atoms with Crippen LogP contribution in [-0.2, 0) is 10.7 Å². The number of hydrogen-bond acceptors (Lipinski definition) is 2. The molecule has 0 spiro atoms. The highest BCUT2D eigenvalue weighted by molar-refractivity contribution is 7.70. The topological polar surface area (TPSA) is 37.3 Å². The van der Waals surface area contributed by atoms with Gasteiger partial charge in [0.2, 0.25) is 0 Å². The van der Waals surface area contributed by atoms with Crippen molar-refractivity contribution in [3.8, 4) is 5.75 Å². The van der Waals surface area contributed by atoms with Crippen molar-refractivity contribution in [2.45, 2.75) is 6.16 Å². The first-order chi connectivity index (χ1) is 8.08. The fourth-order valence-electron chi connectivity index (χ4n) is 1.78. The van der Waals surface area contributed by atoms with Gasteiger partial charge in [-0.05, 0) is 24.4 Å². The summed E-state index contributed by atoms with van der Waals surface area (Å²) in [5, 5.41) is 10.1. The van der Waals surface area contributed by atoms with Crippen LogP contribution in [0.2, 0.25) is 0 Å². The van der Waals surface area contributed by atoms with Gasteiger partial charge in [0.25, 0.3) is 0 Å². The molecule has 0 radical (unpaired) electrons. The van der Waals surface area contributed by atoms with Crippen molar-refractivity contribution in [1.29, 1.82) is 0 Å². The molecule has 0 aromatic heterocycles. The molecule has 1 unspecified atom stereocenters. The minimum Gasteiger partial charge on any atom is -0.508 e. The Bertz CT molecular complexity index is 532. The van der Waals surface area contributed by atoms with Gasteiger partial charge in [-0.3, -0.25) is 0 Å². The molecule has 3 heteroatoms. The van der Waals surface area contributed by atoms with Gasteiger partial charge >= 0.3 is 0 Å². The average Bonchev–Trinajstić information content (AvgIpc) is 2.33. The molecule has 0 aliphatic rings. The van der Waals surface area contributed by atoms with Gasteiger partial charge in [0.05, 0.1) is 0 Å². The van der Waals surface area contributed by atoms with Crippen molar-refractivity contribution >= 4 is 12.4 Å². The van der Waals surface area contributed by atoms with E-state index in [0.717, 1.165) is 10.9 Å². The van der Waals surface area contributed by atoms with Crippen LogP contribution in [0.4, 0.5) is 0 Å². The number of aromatic hydroxyl groups is 1. The Morgan fingerprint density at radius 2 is 1.59 bits per heavy atom. The van der Waals surface area contributed by atoms with Crippen molar-refractivity contribution in [2.75, 3.05) is 6.66 Å². The van der Waals surface area contributed by atoms with Crippen molar-refractivity contribution in [1.82, 2.24) is 0 Å². The summed E-state index contributed by atoms with van der Waals surface area (Å²) in [5.41, 5.74) is 0.984. The van der Waals surface area contributed by atoms with E-state index in [4.69, 9.17) is 0 Å². The first-order valence-electron chi connectivity index (χ1n) is 5.48. The number of phenolic OH excluding ortho intramolecular Hbond substituents is 1. The van der Waals surface area contributed by atoms with Crippen LogP contribution in [0.1, 0.15) is 5.56 Å². The SMILES string of the molecule is CP(=O)(Cc1ccc(O)cc1)c1ccccc1. The lowest BCUT2D eigenvalue weighted by atomic mass is 10.2. The van der Waals surface area contributed by atoms with Crippen molar-refractivity contribution in [3.63, 3.8) is 0 Å². The lowest BCUT2D eigenvalue weighted by Crippen LogP contribution is -2.04. The molecule has 0 aliphatic heterocycles. The third-order valence-electron chi connectivity index (χ3n) is 2.72. The standard InChI is InChI=1S/C14H15O2P/c1-17(16,14-5-3-2-4-6-14)11-12-7-9-13(15)10-8-12/h2-10,15H,11H2,1H3. The summed E-state index contributed by atoms with van der Waals surface area (Å²) in [7, 11) is -2.36. The van der Waals surface area contributed by atoms with Gasteiger partial charge < -0.3 is 9.67 Å². The number of hydrogen-bond donors (Lipinski definition) is 1. The summed E-state index contributed by atoms with van der Waals surface area (Å²) in [6, 6.07) is 16.4. The maximum atomic E-state index is 12.6. The summed E-state index contributed by atoms with van der Waals surface area (Å²) in [4.78, 5) is 0. The van der Waals surface area contributed by atoms with Crippen LogP contribution in [0.3, 0.4) is 0 Å². The Labute approximate surface area is 101 Å². The van der Waals surface area contributed by atoms with Gasteiger partial charge in [-0.1, -0.05) is 42.5 Å². The zero-order valence-corrected chi connectivity index (χ0v) is 10.6. The van der Waals surface area contributed by atoms with Gasteiger partial charge in [-0.2, -0.15) is 0 Å². The third-order valence-corrected chi connectivity index (χ3v) is 5.08. The Hall–Kier alpha value is -1.53. The van der Waals surface area contributed by atoms with E-state index in [0.29, 0.717) is 6.16 Å². The Balaban J connectivity index is 2.23. The molecule has 2 nitrogen and oxygen atoms in total. The molecule has 1 atom stereocenters. The number of benzene rings is 2. The molecule has 2 rings (SSSR count). The molecular weight excluding hydrogens is 231 g/mol. The summed E-state index contributed by atoms with van der Waals surface area (Å²) in [5.74, 6) is 0.236. The highest BCUT2D eigenvalue weighted by Gasteiger charge is 2.18. The summed E-state index contributed by atoms with van der Waals surface area (Å²) < 4.78 is 12.6. The van der Waals surface area contributed by atoms with E-state index in [2.05, 4.69) is 0 Å². The van der Waals surface area contributed by atoms with Crippen molar-refractivity contribution in [3.05, 3.63) is 60.2 Å². The van der Waals surface area contributed by atoms with Crippen molar-refractivity contribution < 1.29 is 9.67 Å². The molecule has 0 aliphatic carbocycles. The van der Waals surface area contributed by atoms with Crippen LogP contribution in [0, 0.1) is 0 Å². The van der Waals surface area contributed by atoms with Crippen LogP contribution < -0.4 is 5.30 Å². The quantitative estimate of drug-likeness (QED) is 0.844. The second-order valence-corrected chi connectivity index (χ2v) is 7.30. The molecule has 2 aromatic carbocycles. The normalized spacial score (nSPS) is 14.2. The van der Waals surface area contributed by atoms with Crippen LogP contribution in [0.25, 0.3) is 0 Å². The first-order valence-corrected chi connectivity index (χ1v) is 7.82. The smallest absolute Gasteiger partial charge is 0.116 e. The second kappa shape index (κ2) is 4.77. The van der Waals surface area contributed by atoms with Gasteiger partial charge in [0.15, 0.2) is 0 Å². The molecule has 0 amide bonds. The van der Waals surface area contributed by atoms with Gasteiger partial charge in [0.1, 0.15) is 12.9 Å². The van der Waals surface area contributed by atoms with Gasteiger partial charge in [0, 0.05) is 11.5 Å². The molecule has 88 valence electrons. The van der Waals surface area contributed by atoms with E-state index in [1.807, 2.05) is 42.5 Å². The number of rotatable bonds is 3. The highest BCUT2D eigenvalue weighted by atomic mass is 31.2. The van der Waals surface area contributed by atoms with E-state index in [1.165, 1.54) is 0 Å². The highest BCUT2D eigenvalue weighted by Crippen LogP contribution is 2.43. The molecule has 2 aromatic rings. The summed E-state index contributed by atoms with van der Waals surface area (Å²) >= 11 is 0. The van der Waals surface area contributed by atoms with E-state index in [9.17, 15) is 9.67 Å². The molecule has 0 fully saturated rings. The maximum Gasteiger partial charge on any atom is 0.116 e. The molecule has 0 heterocycles. The summed E-state index contributed by atoms with van der Waals surface area (Å²) in [6.45, 7) is 1.80. The zero-order chi connectivity index (χ0) is 12.3. The molecule has 0 saturated heterocycles. The molecule has 0 bridgehead atoms. The number of phenols is 1. The Morgan fingerprint density at radius 3 is 2.18 bits per heavy atom. The average molecular weight is 246 g/mol. The van der Waals surface area contributed by atoms with Gasteiger partial charge in [-0.15, -0.1) is 0 Å². The van der Waals surface area contributed by atoms with E-state index in [1.54, 1.807) is 18.8 Å². The summed E-state index contributed by atoms with van der Waals surface area (Å²) in [6.07, 6.45) is 0.525. The minimum absolute atomic E-state index is 0.236. The van der Waals surface area contributed by atoms with Crippen molar-refractivity contribution in [2.24, 2.45) is 0 Å². The molecular formula is C14H15O2P. The molecule has 0 saturated carbocycles. The lowest BCUT2D eigenvalue weighted by Gasteiger charge is -2.13. The Kier molecular flexibility index (Phi) is 3.35. The van der Waals surface area contributed by atoms with E-state index < -0.39 is 7.14 Å². The predicted molar refractivity (Wildman–Crippen MR) is 71.4 cm³/mol. The van der Waals surface area contributed by atoms with E-state index >= 15 is 0 Å². The third kappa shape index (κ3) is 2.98. The van der Waals surface area contributed by atoms with Gasteiger partial charge in [-0.25, -0.2) is 0 Å². The fraction of sp³-hybridized carbons (Fsp3) is 0.143. The second-order valence-electron chi connectivity index (χ2n) is 4.26. The predicted octanol–water partition coefficient (Wildman–Crippen LogP) is 3.21. The Morgan fingerprint density at radius 1 is 1.00 bits per heavy atom. The fourth-order valence-corrected chi connectivity index (χ4v) is 3.68.